The molecule has 1 aromatic rings. The lowest BCUT2D eigenvalue weighted by Crippen LogP contribution is -2.36. The number of nitrogens with zero attached hydrogens (tertiary/aromatic N) is 1. The molecule has 2 atom stereocenters. The van der Waals surface area contributed by atoms with E-state index in [4.69, 9.17) is 0 Å². The van der Waals surface area contributed by atoms with E-state index in [9.17, 15) is 4.79 Å². The summed E-state index contributed by atoms with van der Waals surface area (Å²) in [5.41, 5.74) is 3.47. The van der Waals surface area contributed by atoms with Crippen LogP contribution in [0.4, 0.5) is 0 Å². The fourth-order valence-electron chi connectivity index (χ4n) is 3.15. The highest BCUT2D eigenvalue weighted by molar-refractivity contribution is 6.03. The molecule has 1 saturated heterocycles. The number of likely N-dealkylation sites (N-methyl/N-ethyl adjacent to an activating group) is 1. The number of hydrogen-bond donors (Lipinski definition) is 0. The molecule has 1 aliphatic heterocycles. The Morgan fingerprint density at radius 1 is 1.31 bits per heavy atom. The SMILES string of the molecule is Cc1ccc2c(c1)C(=O)C1CCN(C)CC21. The van der Waals surface area contributed by atoms with Crippen LogP contribution in [0.5, 0.6) is 0 Å². The minimum Gasteiger partial charge on any atom is -0.306 e. The standard InChI is InChI=1S/C14H17NO/c1-9-3-4-10-12(7-9)14(16)11-5-6-15(2)8-13(10)11/h3-4,7,11,13H,5-6,8H2,1-2H3. The smallest absolute Gasteiger partial charge is 0.166 e. The Kier molecular flexibility index (Phi) is 2.15. The maximum atomic E-state index is 12.3. The molecule has 1 heterocycles. The Balaban J connectivity index is 2.07. The van der Waals surface area contributed by atoms with Gasteiger partial charge in [-0.2, -0.15) is 0 Å². The van der Waals surface area contributed by atoms with Gasteiger partial charge in [-0.3, -0.25) is 4.79 Å². The number of carbonyl (C=O) groups excluding carboxylic acids is 1. The van der Waals surface area contributed by atoms with Crippen LogP contribution in [0.3, 0.4) is 0 Å². The van der Waals surface area contributed by atoms with E-state index in [0.29, 0.717) is 11.7 Å². The summed E-state index contributed by atoms with van der Waals surface area (Å²) in [7, 11) is 2.15. The average molecular weight is 215 g/mol. The molecule has 0 bridgehead atoms. The van der Waals surface area contributed by atoms with Crippen molar-refractivity contribution >= 4 is 5.78 Å². The van der Waals surface area contributed by atoms with Gasteiger partial charge in [-0.15, -0.1) is 0 Å². The van der Waals surface area contributed by atoms with E-state index in [1.807, 2.05) is 0 Å². The summed E-state index contributed by atoms with van der Waals surface area (Å²) in [6.07, 6.45) is 1.02. The van der Waals surface area contributed by atoms with Crippen molar-refractivity contribution in [3.8, 4) is 0 Å². The average Bonchev–Trinajstić information content (AvgIpc) is 2.52. The first-order valence-corrected chi connectivity index (χ1v) is 6.00. The molecule has 0 saturated carbocycles. The summed E-state index contributed by atoms with van der Waals surface area (Å²) in [4.78, 5) is 14.6. The van der Waals surface area contributed by atoms with Gasteiger partial charge in [0.1, 0.15) is 0 Å². The second-order valence-corrected chi connectivity index (χ2v) is 5.22. The molecule has 0 spiro atoms. The van der Waals surface area contributed by atoms with Crippen molar-refractivity contribution in [2.75, 3.05) is 20.1 Å². The Hall–Kier alpha value is -1.15. The van der Waals surface area contributed by atoms with Crippen molar-refractivity contribution in [2.24, 2.45) is 5.92 Å². The normalized spacial score (nSPS) is 29.0. The predicted octanol–water partition coefficient (Wildman–Crippen LogP) is 2.23. The Labute approximate surface area is 96.3 Å². The van der Waals surface area contributed by atoms with Gasteiger partial charge >= 0.3 is 0 Å². The van der Waals surface area contributed by atoms with Gasteiger partial charge in [-0.05, 0) is 38.6 Å². The zero-order valence-electron chi connectivity index (χ0n) is 9.86. The molecule has 0 amide bonds. The minimum absolute atomic E-state index is 0.257. The summed E-state index contributed by atoms with van der Waals surface area (Å²) in [6.45, 7) is 4.15. The zero-order chi connectivity index (χ0) is 11.3. The van der Waals surface area contributed by atoms with Crippen LogP contribution in [0.25, 0.3) is 0 Å². The van der Waals surface area contributed by atoms with E-state index < -0.39 is 0 Å². The second kappa shape index (κ2) is 3.42. The topological polar surface area (TPSA) is 20.3 Å². The summed E-state index contributed by atoms with van der Waals surface area (Å²) in [5.74, 6) is 1.09. The third-order valence-electron chi connectivity index (χ3n) is 4.03. The first-order chi connectivity index (χ1) is 7.66. The molecule has 1 fully saturated rings. The largest absolute Gasteiger partial charge is 0.306 e. The quantitative estimate of drug-likeness (QED) is 0.661. The van der Waals surface area contributed by atoms with Crippen molar-refractivity contribution in [3.05, 3.63) is 34.9 Å². The highest BCUT2D eigenvalue weighted by Gasteiger charge is 2.41. The molecular formula is C14H17NO. The molecule has 84 valence electrons. The molecule has 1 aliphatic carbocycles. The maximum absolute atomic E-state index is 12.3. The van der Waals surface area contributed by atoms with E-state index in [0.717, 1.165) is 25.1 Å². The van der Waals surface area contributed by atoms with Crippen molar-refractivity contribution < 1.29 is 4.79 Å². The number of likely N-dealkylation sites (tertiary alicyclic amines) is 1. The number of fused-ring (bicyclic) bond motifs is 3. The highest BCUT2D eigenvalue weighted by atomic mass is 16.1. The summed E-state index contributed by atoms with van der Waals surface area (Å²) in [5, 5.41) is 0. The molecule has 0 aromatic heterocycles. The van der Waals surface area contributed by atoms with Gasteiger partial charge in [0, 0.05) is 23.9 Å². The molecule has 0 radical (unpaired) electrons. The third kappa shape index (κ3) is 1.33. The van der Waals surface area contributed by atoms with Gasteiger partial charge in [0.15, 0.2) is 5.78 Å². The molecular weight excluding hydrogens is 198 g/mol. The number of aryl methyl sites for hydroxylation is 1. The molecule has 0 N–H and O–H groups in total. The maximum Gasteiger partial charge on any atom is 0.166 e. The number of ketones is 1. The molecule has 2 heteroatoms. The summed E-state index contributed by atoms with van der Waals surface area (Å²) in [6, 6.07) is 6.35. The van der Waals surface area contributed by atoms with E-state index >= 15 is 0 Å². The van der Waals surface area contributed by atoms with Gasteiger partial charge in [-0.25, -0.2) is 0 Å². The van der Waals surface area contributed by atoms with Gasteiger partial charge in [-0.1, -0.05) is 17.7 Å². The van der Waals surface area contributed by atoms with Crippen LogP contribution < -0.4 is 0 Å². The third-order valence-corrected chi connectivity index (χ3v) is 4.03. The highest BCUT2D eigenvalue weighted by Crippen LogP contribution is 2.42. The fraction of sp³-hybridized carbons (Fsp3) is 0.500. The van der Waals surface area contributed by atoms with Crippen molar-refractivity contribution in [1.29, 1.82) is 0 Å². The van der Waals surface area contributed by atoms with Gasteiger partial charge in [0.25, 0.3) is 0 Å². The molecule has 2 nitrogen and oxygen atoms in total. The monoisotopic (exact) mass is 215 g/mol. The summed E-state index contributed by atoms with van der Waals surface area (Å²) < 4.78 is 0. The van der Waals surface area contributed by atoms with Crippen LogP contribution in [0.2, 0.25) is 0 Å². The predicted molar refractivity (Wildman–Crippen MR) is 63.9 cm³/mol. The van der Waals surface area contributed by atoms with Crippen LogP contribution in [0.1, 0.15) is 33.8 Å². The lowest BCUT2D eigenvalue weighted by Gasteiger charge is -2.31. The van der Waals surface area contributed by atoms with E-state index in [-0.39, 0.29) is 5.92 Å². The molecule has 3 rings (SSSR count). The van der Waals surface area contributed by atoms with Crippen LogP contribution in [0, 0.1) is 12.8 Å². The van der Waals surface area contributed by atoms with Crippen LogP contribution >= 0.6 is 0 Å². The van der Waals surface area contributed by atoms with Gasteiger partial charge < -0.3 is 4.90 Å². The summed E-state index contributed by atoms with van der Waals surface area (Å²) >= 11 is 0. The Bertz CT molecular complexity index is 452. The van der Waals surface area contributed by atoms with E-state index in [2.05, 4.69) is 37.1 Å². The second-order valence-electron chi connectivity index (χ2n) is 5.22. The number of benzene rings is 1. The Morgan fingerprint density at radius 2 is 2.12 bits per heavy atom. The fourth-order valence-corrected chi connectivity index (χ4v) is 3.15. The molecule has 16 heavy (non-hydrogen) atoms. The van der Waals surface area contributed by atoms with Gasteiger partial charge in [0.2, 0.25) is 0 Å². The molecule has 2 unspecified atom stereocenters. The van der Waals surface area contributed by atoms with Crippen molar-refractivity contribution in [1.82, 2.24) is 4.90 Å². The van der Waals surface area contributed by atoms with Crippen LogP contribution in [-0.2, 0) is 0 Å². The first-order valence-electron chi connectivity index (χ1n) is 6.00. The Morgan fingerprint density at radius 3 is 2.94 bits per heavy atom. The molecule has 2 aliphatic rings. The lowest BCUT2D eigenvalue weighted by atomic mass is 9.86. The van der Waals surface area contributed by atoms with E-state index in [1.54, 1.807) is 0 Å². The number of carbonyl (C=O) groups is 1. The number of piperidine rings is 1. The van der Waals surface area contributed by atoms with Gasteiger partial charge in [0.05, 0.1) is 0 Å². The first kappa shape index (κ1) is 10.0. The van der Waals surface area contributed by atoms with Crippen molar-refractivity contribution in [2.45, 2.75) is 19.3 Å². The minimum atomic E-state index is 0.257. The molecule has 1 aromatic carbocycles. The van der Waals surface area contributed by atoms with Crippen LogP contribution in [-0.4, -0.2) is 30.8 Å². The zero-order valence-corrected chi connectivity index (χ0v) is 9.86. The van der Waals surface area contributed by atoms with Crippen LogP contribution in [0.15, 0.2) is 18.2 Å². The van der Waals surface area contributed by atoms with E-state index in [1.165, 1.54) is 11.1 Å². The number of Topliss-reactive ketones (excluding diaryl/α,β-unsaturated/α-hetero) is 1. The lowest BCUT2D eigenvalue weighted by molar-refractivity contribution is 0.0861. The van der Waals surface area contributed by atoms with Crippen molar-refractivity contribution in [3.63, 3.8) is 0 Å². The number of hydrogen-bond acceptors (Lipinski definition) is 2. The number of rotatable bonds is 0.